The number of hydrogen-bond donors (Lipinski definition) is 0. The molecule has 2 aliphatic rings. The van der Waals surface area contributed by atoms with Crippen LogP contribution in [0.4, 0.5) is 5.69 Å². The second kappa shape index (κ2) is 5.25. The number of para-hydroxylation sites is 1. The molecule has 0 atom stereocenters. The highest BCUT2D eigenvalue weighted by Gasteiger charge is 2.30. The molecule has 2 aromatic carbocycles. The maximum Gasteiger partial charge on any atom is 0.163 e. The Morgan fingerprint density at radius 1 is 1.00 bits per heavy atom. The lowest BCUT2D eigenvalue weighted by Crippen LogP contribution is -2.48. The minimum absolute atomic E-state index is 0.884. The second-order valence-electron chi connectivity index (χ2n) is 5.42. The first kappa shape index (κ1) is 13.5. The molecule has 0 bridgehead atoms. The Morgan fingerprint density at radius 2 is 1.86 bits per heavy atom. The number of hydrogen-bond acceptors (Lipinski definition) is 4. The molecule has 0 saturated carbocycles. The van der Waals surface area contributed by atoms with Crippen LogP contribution >= 0.6 is 15.9 Å². The molecule has 4 rings (SSSR count). The molecular formula is C17H15BrN4. The zero-order valence-electron chi connectivity index (χ0n) is 12.2. The molecule has 2 aliphatic heterocycles. The van der Waals surface area contributed by atoms with Crippen LogP contribution in [0.5, 0.6) is 0 Å². The summed E-state index contributed by atoms with van der Waals surface area (Å²) in [5.41, 5.74) is 3.16. The molecule has 0 saturated heterocycles. The van der Waals surface area contributed by atoms with Gasteiger partial charge in [0.05, 0.1) is 12.2 Å². The molecule has 22 heavy (non-hydrogen) atoms. The summed E-state index contributed by atoms with van der Waals surface area (Å²) >= 11 is 3.55. The molecule has 0 amide bonds. The monoisotopic (exact) mass is 354 g/mol. The van der Waals surface area contributed by atoms with Crippen LogP contribution in [0.1, 0.15) is 11.1 Å². The fourth-order valence-electron chi connectivity index (χ4n) is 2.80. The molecule has 2 aromatic rings. The minimum Gasteiger partial charge on any atom is -0.307 e. The zero-order valence-corrected chi connectivity index (χ0v) is 13.8. The maximum absolute atomic E-state index is 4.89. The van der Waals surface area contributed by atoms with Gasteiger partial charge in [0.1, 0.15) is 5.84 Å². The largest absolute Gasteiger partial charge is 0.307 e. The smallest absolute Gasteiger partial charge is 0.163 e. The topological polar surface area (TPSA) is 31.2 Å². The van der Waals surface area contributed by atoms with Crippen molar-refractivity contribution in [1.29, 1.82) is 0 Å². The number of likely N-dealkylation sites (N-methyl/N-ethyl adjacent to an activating group) is 1. The molecule has 2 heterocycles. The molecule has 0 spiro atoms. The summed E-state index contributed by atoms with van der Waals surface area (Å²) in [5, 5.41) is 6.72. The Morgan fingerprint density at radius 3 is 2.73 bits per heavy atom. The second-order valence-corrected chi connectivity index (χ2v) is 6.34. The summed E-state index contributed by atoms with van der Waals surface area (Å²) in [6, 6.07) is 16.4. The Labute approximate surface area is 137 Å². The van der Waals surface area contributed by atoms with Gasteiger partial charge in [-0.3, -0.25) is 5.01 Å². The van der Waals surface area contributed by atoms with Crippen molar-refractivity contribution in [2.75, 3.05) is 20.1 Å². The molecule has 0 aromatic heterocycles. The van der Waals surface area contributed by atoms with Gasteiger partial charge in [-0.05, 0) is 24.3 Å². The first-order valence-corrected chi connectivity index (χ1v) is 8.03. The molecule has 0 fully saturated rings. The van der Waals surface area contributed by atoms with E-state index < -0.39 is 0 Å². The molecule has 4 nitrogen and oxygen atoms in total. The summed E-state index contributed by atoms with van der Waals surface area (Å²) in [5.74, 6) is 1.95. The van der Waals surface area contributed by atoms with Crippen LogP contribution in [0.3, 0.4) is 0 Å². The van der Waals surface area contributed by atoms with Gasteiger partial charge in [-0.15, -0.1) is 0 Å². The third-order valence-corrected chi connectivity index (χ3v) is 4.37. The van der Waals surface area contributed by atoms with E-state index in [1.807, 2.05) is 42.4 Å². The predicted octanol–water partition coefficient (Wildman–Crippen LogP) is 3.45. The average Bonchev–Trinajstić information content (AvgIpc) is 2.54. The number of halogens is 1. The van der Waals surface area contributed by atoms with E-state index in [4.69, 9.17) is 10.1 Å². The van der Waals surface area contributed by atoms with Crippen molar-refractivity contribution in [3.05, 3.63) is 64.1 Å². The van der Waals surface area contributed by atoms with Crippen molar-refractivity contribution in [2.24, 2.45) is 10.1 Å². The van der Waals surface area contributed by atoms with Crippen LogP contribution in [-0.4, -0.2) is 41.7 Å². The van der Waals surface area contributed by atoms with Gasteiger partial charge in [0.2, 0.25) is 0 Å². The first-order valence-electron chi connectivity index (χ1n) is 7.24. The average molecular weight is 355 g/mol. The summed E-state index contributed by atoms with van der Waals surface area (Å²) in [6.07, 6.45) is 0. The van der Waals surface area contributed by atoms with Crippen LogP contribution in [-0.2, 0) is 0 Å². The molecule has 5 heteroatoms. The Kier molecular flexibility index (Phi) is 3.22. The van der Waals surface area contributed by atoms with Crippen molar-refractivity contribution in [3.63, 3.8) is 0 Å². The van der Waals surface area contributed by atoms with Crippen LogP contribution in [0.2, 0.25) is 0 Å². The number of rotatable bonds is 1. The van der Waals surface area contributed by atoms with E-state index in [9.17, 15) is 0 Å². The summed E-state index contributed by atoms with van der Waals surface area (Å²) in [7, 11) is 2.01. The lowest BCUT2D eigenvalue weighted by molar-refractivity contribution is 0.303. The number of hydrazone groups is 1. The molecule has 110 valence electrons. The third kappa shape index (κ3) is 2.22. The van der Waals surface area contributed by atoms with E-state index in [1.165, 1.54) is 0 Å². The summed E-state index contributed by atoms with van der Waals surface area (Å²) in [4.78, 5) is 7.10. The molecule has 0 unspecified atom stereocenters. The van der Waals surface area contributed by atoms with Gasteiger partial charge in [-0.25, -0.2) is 4.99 Å². The highest BCUT2D eigenvalue weighted by atomic mass is 79.9. The van der Waals surface area contributed by atoms with Gasteiger partial charge in [-0.2, -0.15) is 5.10 Å². The van der Waals surface area contributed by atoms with Gasteiger partial charge < -0.3 is 4.90 Å². The summed E-state index contributed by atoms with van der Waals surface area (Å²) in [6.45, 7) is 1.77. The standard InChI is InChI=1S/C17H15BrN4/c1-21-9-10-22-16(12-5-4-6-13(18)11-12)19-15-8-3-2-7-14(15)17(22)20-21/h2-8,11H,9-10H2,1H3. The van der Waals surface area contributed by atoms with Crippen LogP contribution in [0, 0.1) is 0 Å². The lowest BCUT2D eigenvalue weighted by atomic mass is 10.1. The van der Waals surface area contributed by atoms with Crippen LogP contribution < -0.4 is 0 Å². The van der Waals surface area contributed by atoms with E-state index in [0.717, 1.165) is 46.0 Å². The predicted molar refractivity (Wildman–Crippen MR) is 92.7 cm³/mol. The highest BCUT2D eigenvalue weighted by molar-refractivity contribution is 9.10. The van der Waals surface area contributed by atoms with Gasteiger partial charge in [0, 0.05) is 29.2 Å². The number of fused-ring (bicyclic) bond motifs is 3. The van der Waals surface area contributed by atoms with Crippen molar-refractivity contribution < 1.29 is 0 Å². The molecular weight excluding hydrogens is 340 g/mol. The SMILES string of the molecule is CN1CCN2C(c3cccc(Br)c3)=Nc3ccccc3C2=N1. The fourth-order valence-corrected chi connectivity index (χ4v) is 3.20. The Bertz CT molecular complexity index is 797. The normalized spacial score (nSPS) is 16.6. The molecule has 0 N–H and O–H groups in total. The van der Waals surface area contributed by atoms with E-state index in [-0.39, 0.29) is 0 Å². The minimum atomic E-state index is 0.884. The summed E-state index contributed by atoms with van der Waals surface area (Å²) < 4.78 is 1.05. The number of aliphatic imine (C=N–C) groups is 1. The Balaban J connectivity index is 1.92. The quantitative estimate of drug-likeness (QED) is 0.785. The zero-order chi connectivity index (χ0) is 15.1. The van der Waals surface area contributed by atoms with E-state index >= 15 is 0 Å². The fraction of sp³-hybridized carbons (Fsp3) is 0.176. The van der Waals surface area contributed by atoms with Crippen molar-refractivity contribution in [2.45, 2.75) is 0 Å². The molecule has 0 radical (unpaired) electrons. The number of nitrogens with zero attached hydrogens (tertiary/aromatic N) is 4. The van der Waals surface area contributed by atoms with Gasteiger partial charge >= 0.3 is 0 Å². The van der Waals surface area contributed by atoms with Crippen LogP contribution in [0.15, 0.2) is 63.1 Å². The highest BCUT2D eigenvalue weighted by Crippen LogP contribution is 2.30. The van der Waals surface area contributed by atoms with Crippen molar-refractivity contribution in [3.8, 4) is 0 Å². The van der Waals surface area contributed by atoms with E-state index in [0.29, 0.717) is 0 Å². The molecule has 0 aliphatic carbocycles. The number of benzene rings is 2. The number of amidine groups is 2. The van der Waals surface area contributed by atoms with Crippen LogP contribution in [0.25, 0.3) is 0 Å². The van der Waals surface area contributed by atoms with Crippen molar-refractivity contribution >= 4 is 33.3 Å². The van der Waals surface area contributed by atoms with Gasteiger partial charge in [-0.1, -0.05) is 40.2 Å². The van der Waals surface area contributed by atoms with Gasteiger partial charge in [0.15, 0.2) is 5.84 Å². The van der Waals surface area contributed by atoms with E-state index in [1.54, 1.807) is 0 Å². The van der Waals surface area contributed by atoms with E-state index in [2.05, 4.69) is 39.0 Å². The third-order valence-electron chi connectivity index (χ3n) is 3.88. The Hall–Kier alpha value is -2.14. The maximum atomic E-state index is 4.89. The van der Waals surface area contributed by atoms with Crippen molar-refractivity contribution in [1.82, 2.24) is 9.91 Å². The lowest BCUT2D eigenvalue weighted by Gasteiger charge is -2.36. The van der Waals surface area contributed by atoms with Gasteiger partial charge in [0.25, 0.3) is 0 Å². The first-order chi connectivity index (χ1) is 10.7.